The van der Waals surface area contributed by atoms with Crippen LogP contribution in [0.15, 0.2) is 30.5 Å². The van der Waals surface area contributed by atoms with Gasteiger partial charge in [-0.2, -0.15) is 0 Å². The first-order chi connectivity index (χ1) is 14.9. The molecule has 0 radical (unpaired) electrons. The Morgan fingerprint density at radius 2 is 2.13 bits per heavy atom. The van der Waals surface area contributed by atoms with Crippen molar-refractivity contribution in [3.8, 4) is 0 Å². The number of carbonyl (C=O) groups excluding carboxylic acids is 2. The third-order valence-electron chi connectivity index (χ3n) is 5.71. The summed E-state index contributed by atoms with van der Waals surface area (Å²) < 4.78 is 7.22. The van der Waals surface area contributed by atoms with Gasteiger partial charge in [-0.15, -0.1) is 0 Å². The van der Waals surface area contributed by atoms with Crippen molar-refractivity contribution in [2.45, 2.75) is 25.8 Å². The summed E-state index contributed by atoms with van der Waals surface area (Å²) in [5, 5.41) is 1.55. The van der Waals surface area contributed by atoms with Crippen LogP contribution in [0.2, 0.25) is 5.02 Å². The molecule has 2 amide bonds. The van der Waals surface area contributed by atoms with Gasteiger partial charge in [0.15, 0.2) is 0 Å². The summed E-state index contributed by atoms with van der Waals surface area (Å²) in [5.74, 6) is 0.0491. The van der Waals surface area contributed by atoms with Crippen molar-refractivity contribution in [3.63, 3.8) is 0 Å². The van der Waals surface area contributed by atoms with E-state index in [2.05, 4.69) is 9.97 Å². The number of hydrogen-bond acceptors (Lipinski definition) is 5. The molecule has 0 bridgehead atoms. The Labute approximate surface area is 185 Å². The Morgan fingerprint density at radius 3 is 2.84 bits per heavy atom. The van der Waals surface area contributed by atoms with Crippen molar-refractivity contribution in [2.75, 3.05) is 26.8 Å². The molecule has 2 N–H and O–H groups in total. The first kappa shape index (κ1) is 21.3. The topological polar surface area (TPSA) is 103 Å². The third-order valence-corrected chi connectivity index (χ3v) is 5.94. The SMILES string of the molecule is COCCn1c(C(=O)N2CCC(c3ncc(C(N)=O)c(C)n3)C2)cc2cc(Cl)ccc21. The minimum atomic E-state index is -0.545. The molecule has 2 aromatic heterocycles. The van der Waals surface area contributed by atoms with Gasteiger partial charge in [-0.1, -0.05) is 11.6 Å². The van der Waals surface area contributed by atoms with Crippen molar-refractivity contribution in [2.24, 2.45) is 5.73 Å². The molecule has 0 saturated carbocycles. The molecule has 1 aromatic carbocycles. The molecule has 9 heteroatoms. The standard InChI is InChI=1S/C22H24ClN5O3/c1-13-17(20(24)29)11-25-21(26-13)14-5-6-27(12-14)22(30)19-10-15-9-16(23)3-4-18(15)28(19)7-8-31-2/h3-4,9-11,14H,5-8,12H2,1-2H3,(H2,24,29). The smallest absolute Gasteiger partial charge is 0.270 e. The second kappa shape index (κ2) is 8.64. The molecule has 0 spiro atoms. The van der Waals surface area contributed by atoms with Crippen LogP contribution in [0.25, 0.3) is 10.9 Å². The molecular formula is C22H24ClN5O3. The molecule has 31 heavy (non-hydrogen) atoms. The molecular weight excluding hydrogens is 418 g/mol. The number of methoxy groups -OCH3 is 1. The van der Waals surface area contributed by atoms with Crippen LogP contribution in [0.5, 0.6) is 0 Å². The fraction of sp³-hybridized carbons (Fsp3) is 0.364. The third kappa shape index (κ3) is 4.13. The largest absolute Gasteiger partial charge is 0.383 e. The van der Waals surface area contributed by atoms with Gasteiger partial charge in [0, 0.05) is 54.8 Å². The quantitative estimate of drug-likeness (QED) is 0.633. The Balaban J connectivity index is 1.59. The van der Waals surface area contributed by atoms with E-state index >= 15 is 0 Å². The number of hydrogen-bond donors (Lipinski definition) is 1. The minimum Gasteiger partial charge on any atom is -0.383 e. The van der Waals surface area contributed by atoms with Crippen LogP contribution in [0, 0.1) is 6.92 Å². The number of aromatic nitrogens is 3. The molecule has 1 aliphatic rings. The number of aryl methyl sites for hydroxylation is 1. The van der Waals surface area contributed by atoms with E-state index in [4.69, 9.17) is 22.1 Å². The molecule has 3 heterocycles. The summed E-state index contributed by atoms with van der Waals surface area (Å²) >= 11 is 6.15. The van der Waals surface area contributed by atoms with Gasteiger partial charge in [-0.3, -0.25) is 9.59 Å². The van der Waals surface area contributed by atoms with Gasteiger partial charge in [0.25, 0.3) is 11.8 Å². The van der Waals surface area contributed by atoms with Crippen LogP contribution >= 0.6 is 11.6 Å². The van der Waals surface area contributed by atoms with Gasteiger partial charge in [0.2, 0.25) is 0 Å². The van der Waals surface area contributed by atoms with Crippen molar-refractivity contribution >= 4 is 34.3 Å². The molecule has 4 rings (SSSR count). The fourth-order valence-electron chi connectivity index (χ4n) is 4.08. The zero-order valence-electron chi connectivity index (χ0n) is 17.5. The highest BCUT2D eigenvalue weighted by Crippen LogP contribution is 2.29. The molecule has 1 fully saturated rings. The van der Waals surface area contributed by atoms with Crippen LogP contribution < -0.4 is 5.73 Å². The van der Waals surface area contributed by atoms with Gasteiger partial charge < -0.3 is 19.9 Å². The van der Waals surface area contributed by atoms with E-state index in [0.29, 0.717) is 54.0 Å². The van der Waals surface area contributed by atoms with Crippen molar-refractivity contribution in [1.82, 2.24) is 19.4 Å². The first-order valence-corrected chi connectivity index (χ1v) is 10.5. The number of amides is 2. The Bertz CT molecular complexity index is 1160. The van der Waals surface area contributed by atoms with Crippen molar-refractivity contribution in [1.29, 1.82) is 0 Å². The molecule has 1 aliphatic heterocycles. The number of benzene rings is 1. The minimum absolute atomic E-state index is 0.0100. The monoisotopic (exact) mass is 441 g/mol. The van der Waals surface area contributed by atoms with E-state index in [1.807, 2.05) is 33.7 Å². The van der Waals surface area contributed by atoms with Crippen LogP contribution in [0.3, 0.4) is 0 Å². The summed E-state index contributed by atoms with van der Waals surface area (Å²) in [7, 11) is 1.64. The van der Waals surface area contributed by atoms with E-state index < -0.39 is 5.91 Å². The number of halogens is 1. The number of ether oxygens (including phenoxy) is 1. The lowest BCUT2D eigenvalue weighted by atomic mass is 10.1. The second-order valence-electron chi connectivity index (χ2n) is 7.71. The van der Waals surface area contributed by atoms with Crippen LogP contribution in [-0.2, 0) is 11.3 Å². The number of rotatable bonds is 6. The maximum Gasteiger partial charge on any atom is 0.270 e. The van der Waals surface area contributed by atoms with Crippen LogP contribution in [0.1, 0.15) is 44.7 Å². The number of carbonyl (C=O) groups is 2. The summed E-state index contributed by atoms with van der Waals surface area (Å²) in [5.41, 5.74) is 7.77. The lowest BCUT2D eigenvalue weighted by molar-refractivity contribution is 0.0777. The molecule has 3 aromatic rings. The van der Waals surface area contributed by atoms with E-state index in [1.54, 1.807) is 14.0 Å². The Morgan fingerprint density at radius 1 is 1.32 bits per heavy atom. The van der Waals surface area contributed by atoms with Gasteiger partial charge in [0.05, 0.1) is 17.9 Å². The second-order valence-corrected chi connectivity index (χ2v) is 8.14. The van der Waals surface area contributed by atoms with Crippen LogP contribution in [0.4, 0.5) is 0 Å². The Hall–Kier alpha value is -2.97. The predicted molar refractivity (Wildman–Crippen MR) is 117 cm³/mol. The molecule has 8 nitrogen and oxygen atoms in total. The molecule has 162 valence electrons. The van der Waals surface area contributed by atoms with Crippen molar-refractivity contribution < 1.29 is 14.3 Å². The normalized spacial score (nSPS) is 16.2. The lowest BCUT2D eigenvalue weighted by Gasteiger charge is -2.18. The molecule has 0 aliphatic carbocycles. The maximum atomic E-state index is 13.4. The van der Waals surface area contributed by atoms with Gasteiger partial charge >= 0.3 is 0 Å². The number of primary amides is 1. The average Bonchev–Trinajstić information content (AvgIpc) is 3.36. The van der Waals surface area contributed by atoms with E-state index in [9.17, 15) is 9.59 Å². The average molecular weight is 442 g/mol. The number of fused-ring (bicyclic) bond motifs is 1. The zero-order chi connectivity index (χ0) is 22.1. The number of nitrogens with two attached hydrogens (primary N) is 1. The first-order valence-electron chi connectivity index (χ1n) is 10.1. The summed E-state index contributed by atoms with van der Waals surface area (Å²) in [6, 6.07) is 7.49. The van der Waals surface area contributed by atoms with Gasteiger partial charge in [-0.25, -0.2) is 9.97 Å². The lowest BCUT2D eigenvalue weighted by Crippen LogP contribution is -2.30. The number of nitrogens with zero attached hydrogens (tertiary/aromatic N) is 4. The highest BCUT2D eigenvalue weighted by atomic mass is 35.5. The fourth-order valence-corrected chi connectivity index (χ4v) is 4.26. The highest BCUT2D eigenvalue weighted by molar-refractivity contribution is 6.31. The maximum absolute atomic E-state index is 13.4. The highest BCUT2D eigenvalue weighted by Gasteiger charge is 2.31. The van der Waals surface area contributed by atoms with E-state index in [1.165, 1.54) is 6.20 Å². The Kier molecular flexibility index (Phi) is 5.93. The van der Waals surface area contributed by atoms with Crippen molar-refractivity contribution in [3.05, 3.63) is 58.3 Å². The van der Waals surface area contributed by atoms with E-state index in [0.717, 1.165) is 17.3 Å². The van der Waals surface area contributed by atoms with Gasteiger partial charge in [-0.05, 0) is 37.6 Å². The van der Waals surface area contributed by atoms with Gasteiger partial charge in [0.1, 0.15) is 11.5 Å². The van der Waals surface area contributed by atoms with E-state index in [-0.39, 0.29) is 11.8 Å². The number of likely N-dealkylation sites (tertiary alicyclic amines) is 1. The summed E-state index contributed by atoms with van der Waals surface area (Å²) in [6.07, 6.45) is 2.22. The zero-order valence-corrected chi connectivity index (χ0v) is 18.2. The molecule has 1 unspecified atom stereocenters. The molecule has 1 atom stereocenters. The van der Waals surface area contributed by atoms with Crippen LogP contribution in [-0.4, -0.2) is 58.1 Å². The predicted octanol–water partition coefficient (Wildman–Crippen LogP) is 2.77. The molecule has 1 saturated heterocycles. The summed E-state index contributed by atoms with van der Waals surface area (Å²) in [6.45, 7) is 3.92. The summed E-state index contributed by atoms with van der Waals surface area (Å²) in [4.78, 5) is 35.4.